The molecule has 1 aromatic carbocycles. The van der Waals surface area contributed by atoms with E-state index in [2.05, 4.69) is 33.7 Å². The Bertz CT molecular complexity index is 1240. The number of aromatic nitrogens is 4. The zero-order chi connectivity index (χ0) is 24.9. The van der Waals surface area contributed by atoms with Crippen LogP contribution >= 0.6 is 0 Å². The molecule has 0 unspecified atom stereocenters. The molecule has 2 aromatic heterocycles. The number of hydrogen-bond donors (Lipinski definition) is 1. The van der Waals surface area contributed by atoms with Gasteiger partial charge in [0.15, 0.2) is 11.3 Å². The monoisotopic (exact) mass is 480 g/mol. The van der Waals surface area contributed by atoms with Gasteiger partial charge in [0.2, 0.25) is 0 Å². The minimum absolute atomic E-state index is 0.0507. The quantitative estimate of drug-likeness (QED) is 0.446. The van der Waals surface area contributed by atoms with Gasteiger partial charge in [-0.25, -0.2) is 4.98 Å². The maximum atomic E-state index is 13.2. The van der Waals surface area contributed by atoms with Gasteiger partial charge in [-0.15, -0.1) is 0 Å². The third-order valence-corrected chi connectivity index (χ3v) is 6.55. The lowest BCUT2D eigenvalue weighted by Gasteiger charge is -2.33. The molecule has 0 aliphatic carbocycles. The average molecular weight is 481 g/mol. The van der Waals surface area contributed by atoms with Gasteiger partial charge in [-0.05, 0) is 37.6 Å². The summed E-state index contributed by atoms with van der Waals surface area (Å²) in [5.41, 5.74) is 2.79. The zero-order valence-corrected chi connectivity index (χ0v) is 21.3. The number of nitrogens with zero attached hydrogens (tertiary/aromatic N) is 5. The van der Waals surface area contributed by atoms with E-state index in [4.69, 9.17) is 9.72 Å². The maximum absolute atomic E-state index is 13.2. The van der Waals surface area contributed by atoms with Crippen LogP contribution in [-0.4, -0.2) is 81.2 Å². The van der Waals surface area contributed by atoms with Crippen LogP contribution in [0.15, 0.2) is 23.0 Å². The number of nitrogens with one attached hydrogen (secondary N) is 1. The molecule has 0 saturated carbocycles. The fourth-order valence-electron chi connectivity index (χ4n) is 4.56. The minimum atomic E-state index is -0.255. The molecule has 9 nitrogen and oxygen atoms in total. The van der Waals surface area contributed by atoms with E-state index in [1.165, 1.54) is 0 Å². The van der Waals surface area contributed by atoms with Gasteiger partial charge in [-0.3, -0.25) is 19.2 Å². The first kappa shape index (κ1) is 25.1. The summed E-state index contributed by atoms with van der Waals surface area (Å²) in [4.78, 5) is 38.5. The van der Waals surface area contributed by atoms with Crippen LogP contribution in [0.1, 0.15) is 49.7 Å². The first-order chi connectivity index (χ1) is 16.9. The van der Waals surface area contributed by atoms with Crippen molar-refractivity contribution < 1.29 is 9.53 Å². The van der Waals surface area contributed by atoms with E-state index in [-0.39, 0.29) is 11.3 Å². The van der Waals surface area contributed by atoms with E-state index in [0.29, 0.717) is 46.9 Å². The highest BCUT2D eigenvalue weighted by Crippen LogP contribution is 2.30. The first-order valence-electron chi connectivity index (χ1n) is 12.7. The summed E-state index contributed by atoms with van der Waals surface area (Å²) in [5.74, 6) is 1.04. The van der Waals surface area contributed by atoms with Gasteiger partial charge in [0, 0.05) is 38.8 Å². The highest BCUT2D eigenvalue weighted by molar-refractivity contribution is 5.99. The number of aromatic amines is 1. The molecule has 1 fully saturated rings. The molecule has 35 heavy (non-hydrogen) atoms. The number of ether oxygens (including phenoxy) is 1. The predicted molar refractivity (Wildman–Crippen MR) is 137 cm³/mol. The number of likely N-dealkylation sites (N-methyl/N-ethyl adjacent to an activating group) is 1. The third-order valence-electron chi connectivity index (χ3n) is 6.55. The number of carbonyl (C=O) groups is 1. The Morgan fingerprint density at radius 3 is 2.51 bits per heavy atom. The number of hydrogen-bond acceptors (Lipinski definition) is 7. The Balaban J connectivity index is 1.69. The summed E-state index contributed by atoms with van der Waals surface area (Å²) >= 11 is 0. The van der Waals surface area contributed by atoms with Gasteiger partial charge < -0.3 is 14.6 Å². The zero-order valence-electron chi connectivity index (χ0n) is 21.3. The molecule has 0 amide bonds. The minimum Gasteiger partial charge on any atom is -0.493 e. The normalized spacial score (nSPS) is 15.1. The second kappa shape index (κ2) is 11.1. The number of Topliss-reactive ketones (excluding diaryl/α,β-unsaturated/α-hetero) is 1. The Morgan fingerprint density at radius 2 is 1.83 bits per heavy atom. The predicted octanol–water partition coefficient (Wildman–Crippen LogP) is 2.89. The molecule has 0 bridgehead atoms. The van der Waals surface area contributed by atoms with Gasteiger partial charge in [-0.2, -0.15) is 5.10 Å². The van der Waals surface area contributed by atoms with Crippen molar-refractivity contribution in [3.05, 3.63) is 39.8 Å². The molecule has 0 atom stereocenters. The molecule has 4 rings (SSSR count). The maximum Gasteiger partial charge on any atom is 0.277 e. The van der Waals surface area contributed by atoms with Crippen molar-refractivity contribution in [3.8, 4) is 17.1 Å². The van der Waals surface area contributed by atoms with E-state index in [1.54, 1.807) is 17.8 Å². The number of benzene rings is 1. The molecule has 9 heteroatoms. The van der Waals surface area contributed by atoms with E-state index in [0.717, 1.165) is 57.7 Å². The van der Waals surface area contributed by atoms with Gasteiger partial charge >= 0.3 is 0 Å². The van der Waals surface area contributed by atoms with Crippen molar-refractivity contribution in [2.45, 2.75) is 40.0 Å². The number of ketones is 1. The van der Waals surface area contributed by atoms with Crippen molar-refractivity contribution in [1.29, 1.82) is 0 Å². The molecule has 1 saturated heterocycles. The van der Waals surface area contributed by atoms with E-state index < -0.39 is 0 Å². The average Bonchev–Trinajstić information content (AvgIpc) is 3.18. The topological polar surface area (TPSA) is 96.3 Å². The summed E-state index contributed by atoms with van der Waals surface area (Å²) in [6, 6.07) is 5.42. The number of rotatable bonds is 10. The van der Waals surface area contributed by atoms with Gasteiger partial charge in [-0.1, -0.05) is 27.2 Å². The van der Waals surface area contributed by atoms with Crippen LogP contribution in [0.3, 0.4) is 0 Å². The van der Waals surface area contributed by atoms with Crippen LogP contribution in [-0.2, 0) is 13.5 Å². The van der Waals surface area contributed by atoms with Crippen molar-refractivity contribution in [2.24, 2.45) is 7.05 Å². The lowest BCUT2D eigenvalue weighted by Crippen LogP contribution is -2.47. The summed E-state index contributed by atoms with van der Waals surface area (Å²) in [7, 11) is 1.76. The van der Waals surface area contributed by atoms with Crippen molar-refractivity contribution in [1.82, 2.24) is 29.5 Å². The highest BCUT2D eigenvalue weighted by Gasteiger charge is 2.21. The number of aryl methyl sites for hydroxylation is 2. The number of piperazine rings is 1. The molecule has 0 radical (unpaired) electrons. The van der Waals surface area contributed by atoms with Gasteiger partial charge in [0.1, 0.15) is 17.1 Å². The smallest absolute Gasteiger partial charge is 0.277 e. The van der Waals surface area contributed by atoms with E-state index in [9.17, 15) is 9.59 Å². The lowest BCUT2D eigenvalue weighted by molar-refractivity contribution is 0.0859. The molecule has 0 spiro atoms. The van der Waals surface area contributed by atoms with Crippen LogP contribution < -0.4 is 10.3 Å². The summed E-state index contributed by atoms with van der Waals surface area (Å²) in [6.45, 7) is 11.9. The Kier molecular flexibility index (Phi) is 7.97. The Labute approximate surface area is 206 Å². The van der Waals surface area contributed by atoms with Crippen molar-refractivity contribution in [2.75, 3.05) is 45.9 Å². The van der Waals surface area contributed by atoms with Crippen LogP contribution in [0.4, 0.5) is 0 Å². The van der Waals surface area contributed by atoms with Crippen molar-refractivity contribution in [3.63, 3.8) is 0 Å². The van der Waals surface area contributed by atoms with Crippen LogP contribution in [0.5, 0.6) is 5.75 Å². The molecule has 3 aromatic rings. The second-order valence-corrected chi connectivity index (χ2v) is 9.13. The SMILES string of the molecule is CCCOc1ccc(C(=O)CN2CCN(CC)CC2)cc1-c1nc2c(CCC)nn(C)c2c(=O)[nH]1. The molecule has 1 aliphatic rings. The molecule has 1 N–H and O–H groups in total. The second-order valence-electron chi connectivity index (χ2n) is 9.13. The van der Waals surface area contributed by atoms with Gasteiger partial charge in [0.25, 0.3) is 5.56 Å². The molecule has 188 valence electrons. The molecular formula is C26H36N6O3. The number of carbonyl (C=O) groups excluding carboxylic acids is 1. The van der Waals surface area contributed by atoms with Crippen LogP contribution in [0.2, 0.25) is 0 Å². The highest BCUT2D eigenvalue weighted by atomic mass is 16.5. The number of fused-ring (bicyclic) bond motifs is 1. The van der Waals surface area contributed by atoms with Crippen LogP contribution in [0.25, 0.3) is 22.4 Å². The Hall–Kier alpha value is -3.04. The molecule has 3 heterocycles. The summed E-state index contributed by atoms with van der Waals surface area (Å²) in [5, 5.41) is 4.51. The fraction of sp³-hybridized carbons (Fsp3) is 0.538. The fourth-order valence-corrected chi connectivity index (χ4v) is 4.56. The standard InChI is InChI=1S/C26H36N6O3/c1-5-8-20-23-24(30(4)29-20)26(34)28-25(27-23)19-16-18(9-10-22(19)35-15-6-2)21(33)17-32-13-11-31(7-3)12-14-32/h9-10,16H,5-8,11-15,17H2,1-4H3,(H,27,28,34). The largest absolute Gasteiger partial charge is 0.493 e. The lowest BCUT2D eigenvalue weighted by atomic mass is 10.0. The van der Waals surface area contributed by atoms with E-state index in [1.807, 2.05) is 19.1 Å². The number of H-pyrrole nitrogens is 1. The van der Waals surface area contributed by atoms with E-state index >= 15 is 0 Å². The van der Waals surface area contributed by atoms with Gasteiger partial charge in [0.05, 0.1) is 24.4 Å². The molecular weight excluding hydrogens is 444 g/mol. The van der Waals surface area contributed by atoms with Crippen molar-refractivity contribution >= 4 is 16.8 Å². The molecule has 1 aliphatic heterocycles. The summed E-state index contributed by atoms with van der Waals surface area (Å²) in [6.07, 6.45) is 2.48. The Morgan fingerprint density at radius 1 is 1.09 bits per heavy atom. The van der Waals surface area contributed by atoms with Crippen LogP contribution in [0, 0.1) is 0 Å². The third kappa shape index (κ3) is 5.46. The first-order valence-corrected chi connectivity index (χ1v) is 12.7. The summed E-state index contributed by atoms with van der Waals surface area (Å²) < 4.78 is 7.56.